The van der Waals surface area contributed by atoms with E-state index in [0.29, 0.717) is 12.0 Å². The lowest BCUT2D eigenvalue weighted by atomic mass is 9.98. The zero-order valence-electron chi connectivity index (χ0n) is 14.3. The summed E-state index contributed by atoms with van der Waals surface area (Å²) in [6.45, 7) is 2.37. The van der Waals surface area contributed by atoms with Crippen molar-refractivity contribution in [2.24, 2.45) is 5.92 Å². The van der Waals surface area contributed by atoms with Gasteiger partial charge in [-0.3, -0.25) is 0 Å². The largest absolute Gasteiger partial charge is 0.306 e. The highest BCUT2D eigenvalue weighted by molar-refractivity contribution is 7.76. The molecule has 0 bridgehead atoms. The molecule has 0 aliphatic heterocycles. The monoisotopic (exact) mass is 323 g/mol. The second-order valence-electron chi connectivity index (χ2n) is 6.52. The Kier molecular flexibility index (Phi) is 5.51. The van der Waals surface area contributed by atoms with Gasteiger partial charge in [-0.05, 0) is 64.7 Å². The summed E-state index contributed by atoms with van der Waals surface area (Å²) in [5.74, 6) is 0.663. The van der Waals surface area contributed by atoms with E-state index < -0.39 is 7.92 Å². The van der Waals surface area contributed by atoms with Gasteiger partial charge in [0.15, 0.2) is 0 Å². The van der Waals surface area contributed by atoms with Crippen molar-refractivity contribution >= 4 is 18.5 Å². The van der Waals surface area contributed by atoms with Gasteiger partial charge in [0.05, 0.1) is 0 Å². The SMILES string of the molecule is C[C@@H](C1CC[CH][C]1P(c1ccccc1)c1ccccc1)N(C)C. The van der Waals surface area contributed by atoms with Crippen LogP contribution in [0, 0.1) is 18.0 Å². The van der Waals surface area contributed by atoms with E-state index in [4.69, 9.17) is 0 Å². The summed E-state index contributed by atoms with van der Waals surface area (Å²) in [6.07, 6.45) is 5.03. The third-order valence-electron chi connectivity index (χ3n) is 4.89. The van der Waals surface area contributed by atoms with Gasteiger partial charge in [-0.15, -0.1) is 0 Å². The van der Waals surface area contributed by atoms with E-state index in [2.05, 4.69) is 93.0 Å². The van der Waals surface area contributed by atoms with Crippen molar-refractivity contribution in [1.82, 2.24) is 4.90 Å². The molecule has 0 heterocycles. The van der Waals surface area contributed by atoms with Gasteiger partial charge in [0.25, 0.3) is 0 Å². The zero-order valence-corrected chi connectivity index (χ0v) is 15.2. The van der Waals surface area contributed by atoms with Gasteiger partial charge in [0, 0.05) is 11.7 Å². The Balaban J connectivity index is 1.98. The summed E-state index contributed by atoms with van der Waals surface area (Å²) in [5.41, 5.74) is 1.67. The lowest BCUT2D eigenvalue weighted by Crippen LogP contribution is -2.35. The van der Waals surface area contributed by atoms with Crippen LogP contribution in [0.2, 0.25) is 0 Å². The van der Waals surface area contributed by atoms with Crippen LogP contribution < -0.4 is 10.6 Å². The van der Waals surface area contributed by atoms with Crippen LogP contribution in [0.1, 0.15) is 19.8 Å². The van der Waals surface area contributed by atoms with Crippen molar-refractivity contribution in [3.8, 4) is 0 Å². The molecule has 1 aliphatic carbocycles. The molecule has 2 aromatic carbocycles. The highest BCUT2D eigenvalue weighted by atomic mass is 31.1. The van der Waals surface area contributed by atoms with Crippen LogP contribution in [0.15, 0.2) is 60.7 Å². The standard InChI is InChI=1S/C21H26NP/c1-17(22(2)3)20-15-10-16-21(20)23(18-11-6-4-7-12-18)19-13-8-5-9-14-19/h4-9,11-14,16-17,20H,10,15H2,1-3H3/t17-,20?/m0/s1. The summed E-state index contributed by atoms with van der Waals surface area (Å²) in [6, 6.07) is 22.7. The predicted octanol–water partition coefficient (Wildman–Crippen LogP) is 4.22. The average molecular weight is 323 g/mol. The molecule has 1 aliphatic rings. The summed E-state index contributed by atoms with van der Waals surface area (Å²) >= 11 is 0. The van der Waals surface area contributed by atoms with Gasteiger partial charge >= 0.3 is 0 Å². The fourth-order valence-electron chi connectivity index (χ4n) is 3.42. The van der Waals surface area contributed by atoms with E-state index in [1.54, 1.807) is 5.66 Å². The molecule has 1 unspecified atom stereocenters. The highest BCUT2D eigenvalue weighted by Crippen LogP contribution is 2.56. The Bertz CT molecular complexity index is 556. The number of nitrogens with zero attached hydrogens (tertiary/aromatic N) is 1. The topological polar surface area (TPSA) is 3.24 Å². The molecule has 2 radical (unpaired) electrons. The smallest absolute Gasteiger partial charge is 0.0167 e. The molecule has 0 aromatic heterocycles. The lowest BCUT2D eigenvalue weighted by molar-refractivity contribution is 0.247. The highest BCUT2D eigenvalue weighted by Gasteiger charge is 2.39. The average Bonchev–Trinajstić information content (AvgIpc) is 3.05. The van der Waals surface area contributed by atoms with Crippen LogP contribution in [-0.2, 0) is 0 Å². The van der Waals surface area contributed by atoms with Crippen molar-refractivity contribution < 1.29 is 0 Å². The molecule has 1 saturated carbocycles. The quantitative estimate of drug-likeness (QED) is 0.745. The third-order valence-corrected chi connectivity index (χ3v) is 7.55. The van der Waals surface area contributed by atoms with Crippen molar-refractivity contribution in [3.63, 3.8) is 0 Å². The molecule has 2 heteroatoms. The van der Waals surface area contributed by atoms with Gasteiger partial charge in [0.1, 0.15) is 0 Å². The minimum atomic E-state index is -0.414. The second kappa shape index (κ2) is 7.60. The number of hydrogen-bond acceptors (Lipinski definition) is 1. The molecule has 23 heavy (non-hydrogen) atoms. The van der Waals surface area contributed by atoms with Crippen LogP contribution in [0.4, 0.5) is 0 Å². The van der Waals surface area contributed by atoms with Gasteiger partial charge in [-0.25, -0.2) is 0 Å². The van der Waals surface area contributed by atoms with Crippen LogP contribution in [0.25, 0.3) is 0 Å². The minimum absolute atomic E-state index is 0.414. The maximum Gasteiger partial charge on any atom is 0.0167 e. The van der Waals surface area contributed by atoms with Crippen LogP contribution in [-0.4, -0.2) is 25.0 Å². The molecule has 2 atom stereocenters. The number of hydrogen-bond donors (Lipinski definition) is 0. The van der Waals surface area contributed by atoms with Crippen LogP contribution in [0.5, 0.6) is 0 Å². The first-order chi connectivity index (χ1) is 11.2. The Morgan fingerprint density at radius 3 is 1.91 bits per heavy atom. The van der Waals surface area contributed by atoms with Gasteiger partial charge in [0.2, 0.25) is 0 Å². The molecular weight excluding hydrogens is 297 g/mol. The molecule has 2 aromatic rings. The number of rotatable bonds is 5. The van der Waals surface area contributed by atoms with Crippen LogP contribution >= 0.6 is 7.92 Å². The van der Waals surface area contributed by atoms with E-state index in [9.17, 15) is 0 Å². The number of benzene rings is 2. The molecule has 1 nitrogen and oxygen atoms in total. The summed E-state index contributed by atoms with van der Waals surface area (Å²) in [4.78, 5) is 2.37. The van der Waals surface area contributed by atoms with Crippen molar-refractivity contribution in [3.05, 3.63) is 72.7 Å². The van der Waals surface area contributed by atoms with Crippen molar-refractivity contribution in [2.75, 3.05) is 14.1 Å². The Morgan fingerprint density at radius 2 is 1.43 bits per heavy atom. The fraction of sp³-hybridized carbons (Fsp3) is 0.333. The predicted molar refractivity (Wildman–Crippen MR) is 102 cm³/mol. The zero-order chi connectivity index (χ0) is 16.2. The lowest BCUT2D eigenvalue weighted by Gasteiger charge is -2.35. The first-order valence-corrected chi connectivity index (χ1v) is 9.79. The third kappa shape index (κ3) is 3.67. The first-order valence-electron chi connectivity index (χ1n) is 8.45. The summed E-state index contributed by atoms with van der Waals surface area (Å²) in [7, 11) is 3.99. The molecule has 120 valence electrons. The van der Waals surface area contributed by atoms with E-state index >= 15 is 0 Å². The van der Waals surface area contributed by atoms with Crippen LogP contribution in [0.3, 0.4) is 0 Å². The first kappa shape index (κ1) is 16.7. The summed E-state index contributed by atoms with van der Waals surface area (Å²) < 4.78 is 0. The molecular formula is C21H26NP. The molecule has 0 amide bonds. The molecule has 0 saturated heterocycles. The Labute approximate surface area is 142 Å². The second-order valence-corrected chi connectivity index (χ2v) is 8.74. The Morgan fingerprint density at radius 1 is 0.913 bits per heavy atom. The van der Waals surface area contributed by atoms with E-state index in [1.165, 1.54) is 23.5 Å². The molecule has 0 spiro atoms. The molecule has 1 fully saturated rings. The van der Waals surface area contributed by atoms with E-state index in [1.807, 2.05) is 0 Å². The van der Waals surface area contributed by atoms with E-state index in [0.717, 1.165) is 0 Å². The van der Waals surface area contributed by atoms with Gasteiger partial charge < -0.3 is 4.90 Å². The minimum Gasteiger partial charge on any atom is -0.306 e. The molecule has 3 rings (SSSR count). The van der Waals surface area contributed by atoms with E-state index in [-0.39, 0.29) is 0 Å². The molecule has 0 N–H and O–H groups in total. The summed E-state index contributed by atoms with van der Waals surface area (Å²) in [5, 5.41) is 2.94. The maximum absolute atomic E-state index is 2.52. The fourth-order valence-corrected chi connectivity index (χ4v) is 6.24. The maximum atomic E-state index is 2.52. The normalized spacial score (nSPS) is 20.3. The van der Waals surface area contributed by atoms with Crippen molar-refractivity contribution in [2.45, 2.75) is 25.8 Å². The van der Waals surface area contributed by atoms with Gasteiger partial charge in [-0.2, -0.15) is 0 Å². The Hall–Kier alpha value is -1.17. The van der Waals surface area contributed by atoms with Crippen molar-refractivity contribution in [1.29, 1.82) is 0 Å². The van der Waals surface area contributed by atoms with Gasteiger partial charge in [-0.1, -0.05) is 60.7 Å².